The van der Waals surface area contributed by atoms with Crippen molar-refractivity contribution in [2.24, 2.45) is 0 Å². The molecule has 78 valence electrons. The molecular weight excluding hydrogens is 247 g/mol. The van der Waals surface area contributed by atoms with Crippen molar-refractivity contribution in [2.75, 3.05) is 0 Å². The molecule has 0 amide bonds. The van der Waals surface area contributed by atoms with Crippen molar-refractivity contribution >= 4 is 0 Å². The van der Waals surface area contributed by atoms with Crippen molar-refractivity contribution in [3.05, 3.63) is 23.3 Å². The van der Waals surface area contributed by atoms with E-state index in [1.54, 1.807) is 5.57 Å². The summed E-state index contributed by atoms with van der Waals surface area (Å²) in [4.78, 5) is 0. The van der Waals surface area contributed by atoms with Crippen LogP contribution in [0.25, 0.3) is 0 Å². The van der Waals surface area contributed by atoms with Crippen LogP contribution in [-0.4, -0.2) is 0 Å². The molecule has 0 saturated heterocycles. The van der Waals surface area contributed by atoms with E-state index in [0.29, 0.717) is 0 Å². The van der Waals surface area contributed by atoms with Gasteiger partial charge in [-0.25, -0.2) is 5.57 Å². The summed E-state index contributed by atoms with van der Waals surface area (Å²) >= 11 is 0. The molecule has 0 unspecified atom stereocenters. The van der Waals surface area contributed by atoms with E-state index in [-0.39, 0.29) is 26.2 Å². The zero-order valence-corrected chi connectivity index (χ0v) is 12.0. The maximum Gasteiger partial charge on any atom is 0 e. The van der Waals surface area contributed by atoms with E-state index >= 15 is 0 Å². The van der Waals surface area contributed by atoms with Crippen molar-refractivity contribution in [3.63, 3.8) is 0 Å². The molecule has 0 aromatic rings. The Labute approximate surface area is 108 Å². The van der Waals surface area contributed by atoms with Gasteiger partial charge in [0.05, 0.1) is 0 Å². The smallest absolute Gasteiger partial charge is 0 e. The summed E-state index contributed by atoms with van der Waals surface area (Å²) in [6.07, 6.45) is 14.8. The van der Waals surface area contributed by atoms with Crippen LogP contribution in [-0.2, 0) is 26.2 Å². The molecule has 0 saturated carbocycles. The molecule has 1 aliphatic rings. The average molecular weight is 269 g/mol. The first-order valence-corrected chi connectivity index (χ1v) is 5.67. The zero-order chi connectivity index (χ0) is 9.52. The van der Waals surface area contributed by atoms with E-state index in [9.17, 15) is 0 Å². The fourth-order valence-electron chi connectivity index (χ4n) is 1.87. The first-order valence-electron chi connectivity index (χ1n) is 5.67. The van der Waals surface area contributed by atoms with Gasteiger partial charge in [-0.1, -0.05) is 52.4 Å². The van der Waals surface area contributed by atoms with Crippen LogP contribution in [0.2, 0.25) is 0 Å². The maximum absolute atomic E-state index is 3.46. The van der Waals surface area contributed by atoms with Gasteiger partial charge >= 0.3 is 0 Å². The van der Waals surface area contributed by atoms with Crippen LogP contribution in [0.1, 0.15) is 58.8 Å². The van der Waals surface area contributed by atoms with E-state index in [2.05, 4.69) is 26.0 Å². The van der Waals surface area contributed by atoms with Crippen molar-refractivity contribution in [1.29, 1.82) is 0 Å². The molecule has 0 nitrogen and oxygen atoms in total. The van der Waals surface area contributed by atoms with Gasteiger partial charge in [-0.3, -0.25) is 6.08 Å². The maximum atomic E-state index is 3.46. The molecule has 1 heteroatoms. The first kappa shape index (κ1) is 14.4. The van der Waals surface area contributed by atoms with E-state index in [1.807, 2.05) is 0 Å². The van der Waals surface area contributed by atoms with Gasteiger partial charge in [0.15, 0.2) is 0 Å². The number of allylic oxidation sites excluding steroid dienone is 4. The summed E-state index contributed by atoms with van der Waals surface area (Å²) in [5.74, 6) is 0. The second kappa shape index (κ2) is 8.65. The summed E-state index contributed by atoms with van der Waals surface area (Å²) in [5.41, 5.74) is 3.06. The fraction of sp³-hybridized carbons (Fsp3) is 0.692. The largest absolute Gasteiger partial charge is 0.269 e. The molecule has 0 heterocycles. The Morgan fingerprint density at radius 2 is 2.00 bits per heavy atom. The van der Waals surface area contributed by atoms with Crippen molar-refractivity contribution in [1.82, 2.24) is 0 Å². The van der Waals surface area contributed by atoms with Crippen molar-refractivity contribution in [2.45, 2.75) is 58.8 Å². The predicted octanol–water partition coefficient (Wildman–Crippen LogP) is 4.42. The Morgan fingerprint density at radius 1 is 1.21 bits per heavy atom. The Kier molecular flexibility index (Phi) is 8.88. The standard InChI is InChI=1S/C13H21.Zr/c1-3-5-6-7-9-13-11-8-10-12(13)4-2;/h10H,3-9H2,1-2H3;/q-1;. The molecule has 0 bridgehead atoms. The third-order valence-electron chi connectivity index (χ3n) is 2.71. The molecule has 0 spiro atoms. The molecule has 1 aliphatic carbocycles. The van der Waals surface area contributed by atoms with Crippen LogP contribution in [0.15, 0.2) is 17.2 Å². The van der Waals surface area contributed by atoms with Crippen LogP contribution in [0, 0.1) is 6.08 Å². The van der Waals surface area contributed by atoms with Crippen molar-refractivity contribution in [3.8, 4) is 0 Å². The van der Waals surface area contributed by atoms with Crippen LogP contribution in [0.5, 0.6) is 0 Å². The topological polar surface area (TPSA) is 0 Å². The molecule has 0 aromatic carbocycles. The van der Waals surface area contributed by atoms with Crippen molar-refractivity contribution < 1.29 is 26.2 Å². The van der Waals surface area contributed by atoms with Crippen LogP contribution < -0.4 is 0 Å². The summed E-state index contributed by atoms with van der Waals surface area (Å²) in [7, 11) is 0. The molecule has 0 atom stereocenters. The number of hydrogen-bond acceptors (Lipinski definition) is 0. The second-order valence-corrected chi connectivity index (χ2v) is 3.75. The molecule has 0 radical (unpaired) electrons. The van der Waals surface area contributed by atoms with Crippen LogP contribution in [0.4, 0.5) is 0 Å². The Hall–Kier alpha value is 0.363. The van der Waals surface area contributed by atoms with Gasteiger partial charge in [0.2, 0.25) is 0 Å². The van der Waals surface area contributed by atoms with Gasteiger partial charge in [-0.2, -0.15) is 11.6 Å². The van der Waals surface area contributed by atoms with Gasteiger partial charge in [0.25, 0.3) is 0 Å². The Bertz CT molecular complexity index is 201. The predicted molar refractivity (Wildman–Crippen MR) is 58.5 cm³/mol. The van der Waals surface area contributed by atoms with Gasteiger partial charge in [0.1, 0.15) is 0 Å². The third-order valence-corrected chi connectivity index (χ3v) is 2.71. The summed E-state index contributed by atoms with van der Waals surface area (Å²) in [5, 5.41) is 0. The van der Waals surface area contributed by atoms with Gasteiger partial charge in [0, 0.05) is 26.2 Å². The average Bonchev–Trinajstić information content (AvgIpc) is 2.60. The van der Waals surface area contributed by atoms with E-state index in [0.717, 1.165) is 6.42 Å². The van der Waals surface area contributed by atoms with Crippen LogP contribution in [0.3, 0.4) is 0 Å². The molecule has 0 aromatic heterocycles. The fourth-order valence-corrected chi connectivity index (χ4v) is 1.87. The first-order chi connectivity index (χ1) is 6.38. The zero-order valence-electron chi connectivity index (χ0n) is 9.53. The summed E-state index contributed by atoms with van der Waals surface area (Å²) in [6.45, 7) is 4.50. The third kappa shape index (κ3) is 4.73. The number of unbranched alkanes of at least 4 members (excludes halogenated alkanes) is 3. The van der Waals surface area contributed by atoms with Crippen LogP contribution >= 0.6 is 0 Å². The molecule has 0 aliphatic heterocycles. The normalized spacial score (nSPS) is 14.7. The Morgan fingerprint density at radius 3 is 2.64 bits per heavy atom. The van der Waals surface area contributed by atoms with Gasteiger partial charge < -0.3 is 0 Å². The minimum Gasteiger partial charge on any atom is -0.269 e. The summed E-state index contributed by atoms with van der Waals surface area (Å²) in [6, 6.07) is 0. The quantitative estimate of drug-likeness (QED) is 0.494. The molecule has 1 rings (SSSR count). The Balaban J connectivity index is 0.00000169. The van der Waals surface area contributed by atoms with E-state index in [4.69, 9.17) is 0 Å². The molecular formula is C13H21Zr-. The number of hydrogen-bond donors (Lipinski definition) is 0. The minimum atomic E-state index is 0. The van der Waals surface area contributed by atoms with E-state index < -0.39 is 0 Å². The molecule has 0 N–H and O–H groups in total. The second-order valence-electron chi connectivity index (χ2n) is 3.75. The summed E-state index contributed by atoms with van der Waals surface area (Å²) < 4.78 is 0. The number of rotatable bonds is 6. The molecule has 14 heavy (non-hydrogen) atoms. The van der Waals surface area contributed by atoms with E-state index in [1.165, 1.54) is 44.1 Å². The monoisotopic (exact) mass is 267 g/mol. The minimum absolute atomic E-state index is 0. The molecule has 0 fully saturated rings. The SMILES string of the molecule is CCCCCCC1=[C-]CC=C1CC.[Zr]. The van der Waals surface area contributed by atoms with Gasteiger partial charge in [-0.05, 0) is 0 Å². The van der Waals surface area contributed by atoms with Gasteiger partial charge in [-0.15, -0.1) is 6.42 Å².